The van der Waals surface area contributed by atoms with Gasteiger partial charge in [0.1, 0.15) is 11.4 Å². The van der Waals surface area contributed by atoms with E-state index in [2.05, 4.69) is 10.4 Å². The van der Waals surface area contributed by atoms with Crippen LogP contribution in [0.5, 0.6) is 0 Å². The molecule has 0 unspecified atom stereocenters. The summed E-state index contributed by atoms with van der Waals surface area (Å²) >= 11 is 0. The molecule has 6 heteroatoms. The Kier molecular flexibility index (Phi) is 5.27. The fraction of sp³-hybridized carbons (Fsp3) is 0.261. The third-order valence-corrected chi connectivity index (χ3v) is 5.09. The Hall–Kier alpha value is -3.25. The van der Waals surface area contributed by atoms with Crippen LogP contribution in [0.1, 0.15) is 35.7 Å². The molecule has 1 saturated carbocycles. The second-order valence-electron chi connectivity index (χ2n) is 7.43. The molecular formula is C23H23N3O3. The van der Waals surface area contributed by atoms with E-state index < -0.39 is 0 Å². The first kappa shape index (κ1) is 19.1. The molecule has 0 spiro atoms. The maximum Gasteiger partial charge on any atom is 0.291 e. The first-order chi connectivity index (χ1) is 14.1. The van der Waals surface area contributed by atoms with Crippen LogP contribution in [0, 0.1) is 5.92 Å². The number of nitrogens with zero attached hydrogens (tertiary/aromatic N) is 2. The summed E-state index contributed by atoms with van der Waals surface area (Å²) in [7, 11) is 0. The molecule has 1 fully saturated rings. The Labute approximate surface area is 168 Å². The number of anilines is 2. The highest BCUT2D eigenvalue weighted by Crippen LogP contribution is 2.32. The quantitative estimate of drug-likeness (QED) is 0.601. The summed E-state index contributed by atoms with van der Waals surface area (Å²) in [6.45, 7) is 1.95. The van der Waals surface area contributed by atoms with Crippen LogP contribution < -0.4 is 10.9 Å². The van der Waals surface area contributed by atoms with Crippen LogP contribution in [0.15, 0.2) is 59.4 Å². The zero-order valence-corrected chi connectivity index (χ0v) is 16.3. The van der Waals surface area contributed by atoms with E-state index in [9.17, 15) is 14.7 Å². The lowest BCUT2D eigenvalue weighted by atomic mass is 10.0. The van der Waals surface area contributed by atoms with E-state index in [4.69, 9.17) is 0 Å². The molecule has 2 N–H and O–H groups in total. The van der Waals surface area contributed by atoms with E-state index in [0.29, 0.717) is 29.4 Å². The van der Waals surface area contributed by atoms with Crippen LogP contribution in [0.4, 0.5) is 11.4 Å². The molecule has 1 heterocycles. The predicted octanol–water partition coefficient (Wildman–Crippen LogP) is 3.76. The standard InChI is InChI=1S/C23H23N3O3/c1-15(28)20-21(18-5-3-2-4-6-18)25-26(13-16-7-8-16)23(29)22(20)24-19-11-9-17(14-27)10-12-19/h2-6,9-12,16,24,27H,7-8,13-14H2,1H3. The van der Waals surface area contributed by atoms with E-state index in [-0.39, 0.29) is 23.6 Å². The maximum absolute atomic E-state index is 13.2. The van der Waals surface area contributed by atoms with Crippen molar-refractivity contribution in [3.63, 3.8) is 0 Å². The van der Waals surface area contributed by atoms with Gasteiger partial charge in [-0.2, -0.15) is 5.10 Å². The molecule has 1 aliphatic rings. The Morgan fingerprint density at radius 1 is 1.14 bits per heavy atom. The zero-order valence-electron chi connectivity index (χ0n) is 16.3. The van der Waals surface area contributed by atoms with Gasteiger partial charge in [0.05, 0.1) is 12.2 Å². The number of aromatic nitrogens is 2. The van der Waals surface area contributed by atoms with Crippen molar-refractivity contribution in [3.8, 4) is 11.3 Å². The molecule has 148 valence electrons. The molecule has 0 radical (unpaired) electrons. The number of benzene rings is 2. The average molecular weight is 389 g/mol. The van der Waals surface area contributed by atoms with Gasteiger partial charge in [-0.15, -0.1) is 0 Å². The van der Waals surface area contributed by atoms with Crippen molar-refractivity contribution >= 4 is 17.2 Å². The topological polar surface area (TPSA) is 84.2 Å². The number of Topliss-reactive ketones (excluding diaryl/α,β-unsaturated/α-hetero) is 1. The third kappa shape index (κ3) is 4.12. The zero-order chi connectivity index (χ0) is 20.4. The highest BCUT2D eigenvalue weighted by Gasteiger charge is 2.27. The smallest absolute Gasteiger partial charge is 0.291 e. The molecule has 0 atom stereocenters. The van der Waals surface area contributed by atoms with Crippen molar-refractivity contribution in [2.45, 2.75) is 32.9 Å². The van der Waals surface area contributed by atoms with Crippen molar-refractivity contribution in [3.05, 3.63) is 76.1 Å². The lowest BCUT2D eigenvalue weighted by Crippen LogP contribution is -2.29. The van der Waals surface area contributed by atoms with Crippen molar-refractivity contribution in [1.82, 2.24) is 9.78 Å². The molecule has 3 aromatic rings. The predicted molar refractivity (Wildman–Crippen MR) is 112 cm³/mol. The van der Waals surface area contributed by atoms with Gasteiger partial charge >= 0.3 is 0 Å². The van der Waals surface area contributed by atoms with Gasteiger partial charge in [-0.3, -0.25) is 9.59 Å². The molecule has 0 aliphatic heterocycles. The molecule has 1 aromatic heterocycles. The summed E-state index contributed by atoms with van der Waals surface area (Å²) in [6, 6.07) is 16.6. The fourth-order valence-corrected chi connectivity index (χ4v) is 3.33. The van der Waals surface area contributed by atoms with Crippen molar-refractivity contribution in [2.24, 2.45) is 5.92 Å². The van der Waals surface area contributed by atoms with Crippen LogP contribution in [-0.4, -0.2) is 20.7 Å². The molecule has 4 rings (SSSR count). The van der Waals surface area contributed by atoms with E-state index in [1.165, 1.54) is 11.6 Å². The van der Waals surface area contributed by atoms with Gasteiger partial charge in [-0.25, -0.2) is 4.68 Å². The number of carbonyl (C=O) groups excluding carboxylic acids is 1. The molecule has 2 aromatic carbocycles. The number of ketones is 1. The Balaban J connectivity index is 1.88. The minimum Gasteiger partial charge on any atom is -0.392 e. The Bertz CT molecular complexity index is 1080. The number of aliphatic hydroxyl groups is 1. The van der Waals surface area contributed by atoms with Gasteiger partial charge in [0, 0.05) is 17.8 Å². The number of nitrogens with one attached hydrogen (secondary N) is 1. The highest BCUT2D eigenvalue weighted by molar-refractivity contribution is 6.05. The molecular weight excluding hydrogens is 366 g/mol. The molecule has 29 heavy (non-hydrogen) atoms. The Morgan fingerprint density at radius 3 is 2.41 bits per heavy atom. The lowest BCUT2D eigenvalue weighted by molar-refractivity contribution is 0.101. The minimum absolute atomic E-state index is 0.0550. The summed E-state index contributed by atoms with van der Waals surface area (Å²) in [6.07, 6.45) is 2.18. The largest absolute Gasteiger partial charge is 0.392 e. The second kappa shape index (κ2) is 8.01. The fourth-order valence-electron chi connectivity index (χ4n) is 3.33. The van der Waals surface area contributed by atoms with Gasteiger partial charge in [0.15, 0.2) is 5.78 Å². The average Bonchev–Trinajstić information content (AvgIpc) is 3.55. The van der Waals surface area contributed by atoms with Gasteiger partial charge in [0.25, 0.3) is 5.56 Å². The minimum atomic E-state index is -0.298. The van der Waals surface area contributed by atoms with Crippen LogP contribution in [0.2, 0.25) is 0 Å². The number of hydrogen-bond donors (Lipinski definition) is 2. The maximum atomic E-state index is 13.2. The Morgan fingerprint density at radius 2 is 1.83 bits per heavy atom. The third-order valence-electron chi connectivity index (χ3n) is 5.09. The number of aliphatic hydroxyl groups excluding tert-OH is 1. The van der Waals surface area contributed by atoms with Gasteiger partial charge in [-0.1, -0.05) is 42.5 Å². The monoisotopic (exact) mass is 389 g/mol. The number of rotatable bonds is 7. The van der Waals surface area contributed by atoms with Crippen LogP contribution in [0.25, 0.3) is 11.3 Å². The van der Waals surface area contributed by atoms with Gasteiger partial charge in [0.2, 0.25) is 0 Å². The molecule has 0 amide bonds. The van der Waals surface area contributed by atoms with Crippen LogP contribution >= 0.6 is 0 Å². The summed E-state index contributed by atoms with van der Waals surface area (Å²) in [5.74, 6) is 0.241. The van der Waals surface area contributed by atoms with Gasteiger partial charge < -0.3 is 10.4 Å². The normalized spacial score (nSPS) is 13.3. The number of hydrogen-bond acceptors (Lipinski definition) is 5. The van der Waals surface area contributed by atoms with Crippen molar-refractivity contribution < 1.29 is 9.90 Å². The van der Waals surface area contributed by atoms with E-state index >= 15 is 0 Å². The number of carbonyl (C=O) groups is 1. The highest BCUT2D eigenvalue weighted by atomic mass is 16.3. The SMILES string of the molecule is CC(=O)c1c(-c2ccccc2)nn(CC2CC2)c(=O)c1Nc1ccc(CO)cc1. The molecule has 0 bridgehead atoms. The molecule has 1 aliphatic carbocycles. The summed E-state index contributed by atoms with van der Waals surface area (Å²) in [5.41, 5.74) is 2.98. The second-order valence-corrected chi connectivity index (χ2v) is 7.43. The van der Waals surface area contributed by atoms with Crippen LogP contribution in [0.3, 0.4) is 0 Å². The summed E-state index contributed by atoms with van der Waals surface area (Å²) < 4.78 is 1.48. The lowest BCUT2D eigenvalue weighted by Gasteiger charge is -2.17. The molecule has 0 saturated heterocycles. The van der Waals surface area contributed by atoms with Crippen LogP contribution in [-0.2, 0) is 13.2 Å². The molecule has 6 nitrogen and oxygen atoms in total. The summed E-state index contributed by atoms with van der Waals surface area (Å²) in [4.78, 5) is 25.8. The van der Waals surface area contributed by atoms with E-state index in [0.717, 1.165) is 24.0 Å². The first-order valence-electron chi connectivity index (χ1n) is 9.75. The van der Waals surface area contributed by atoms with Crippen molar-refractivity contribution in [1.29, 1.82) is 0 Å². The summed E-state index contributed by atoms with van der Waals surface area (Å²) in [5, 5.41) is 17.0. The van der Waals surface area contributed by atoms with Gasteiger partial charge in [-0.05, 0) is 43.4 Å². The van der Waals surface area contributed by atoms with E-state index in [1.807, 2.05) is 30.3 Å². The van der Waals surface area contributed by atoms with E-state index in [1.54, 1.807) is 24.3 Å². The van der Waals surface area contributed by atoms with Crippen molar-refractivity contribution in [2.75, 3.05) is 5.32 Å². The first-order valence-corrected chi connectivity index (χ1v) is 9.75.